The van der Waals surface area contributed by atoms with E-state index < -0.39 is 0 Å². The topological polar surface area (TPSA) is 32.3 Å². The Morgan fingerprint density at radius 3 is 2.06 bits per heavy atom. The number of fused-ring (bicyclic) bond motifs is 3. The zero-order valence-corrected chi connectivity index (χ0v) is 9.64. The lowest BCUT2D eigenvalue weighted by Gasteiger charge is -2.07. The number of rotatable bonds is 1. The summed E-state index contributed by atoms with van der Waals surface area (Å²) >= 11 is 0. The molecular weight excluding hydrogens is 222 g/mol. The maximum Gasteiger partial charge on any atom is 0.0681 e. The molecule has 18 heavy (non-hydrogen) atoms. The first-order valence-corrected chi connectivity index (χ1v) is 5.96. The first-order chi connectivity index (χ1) is 8.90. The average Bonchev–Trinajstić information content (AvgIpc) is 2.77. The summed E-state index contributed by atoms with van der Waals surface area (Å²) in [5.41, 5.74) is 8.07. The van der Waals surface area contributed by atoms with Gasteiger partial charge in [0.15, 0.2) is 0 Å². The highest BCUT2D eigenvalue weighted by molar-refractivity contribution is 6.18. The predicted octanol–water partition coefficient (Wildman–Crippen LogP) is 4.29. The molecule has 2 N–H and O–H groups in total. The summed E-state index contributed by atoms with van der Waals surface area (Å²) in [6.07, 6.45) is 0. The fourth-order valence-electron chi connectivity index (χ4n) is 2.91. The summed E-state index contributed by atoms with van der Waals surface area (Å²) in [5, 5.41) is 11.5. The number of benzene rings is 3. The molecule has 0 heterocycles. The second kappa shape index (κ2) is 3.34. The maximum atomic E-state index is 9.20. The molecule has 0 spiro atoms. The van der Waals surface area contributed by atoms with Crippen LogP contribution in [0, 0.1) is 0 Å². The Kier molecular flexibility index (Phi) is 1.80. The smallest absolute Gasteiger partial charge is 0.0681 e. The molecule has 0 bridgehead atoms. The van der Waals surface area contributed by atoms with Crippen LogP contribution >= 0.6 is 0 Å². The molecule has 0 saturated heterocycles. The molecule has 4 rings (SSSR count). The Balaban J connectivity index is 2.23. The van der Waals surface area contributed by atoms with Crippen LogP contribution < -0.4 is 5.48 Å². The second-order valence-electron chi connectivity index (χ2n) is 4.55. The van der Waals surface area contributed by atoms with Crippen molar-refractivity contribution in [1.82, 2.24) is 0 Å². The zero-order chi connectivity index (χ0) is 12.1. The molecule has 0 radical (unpaired) electrons. The van der Waals surface area contributed by atoms with Crippen LogP contribution in [0.2, 0.25) is 0 Å². The van der Waals surface area contributed by atoms with Crippen LogP contribution in [0.15, 0.2) is 54.6 Å². The highest BCUT2D eigenvalue weighted by Crippen LogP contribution is 2.48. The van der Waals surface area contributed by atoms with Crippen molar-refractivity contribution in [1.29, 1.82) is 0 Å². The zero-order valence-electron chi connectivity index (χ0n) is 9.64. The number of hydrogen-bond acceptors (Lipinski definition) is 2. The normalized spacial score (nSPS) is 11.6. The van der Waals surface area contributed by atoms with Gasteiger partial charge in [0.2, 0.25) is 0 Å². The van der Waals surface area contributed by atoms with Crippen LogP contribution in [0.1, 0.15) is 0 Å². The fourth-order valence-corrected chi connectivity index (χ4v) is 2.91. The minimum Gasteiger partial charge on any atom is -0.291 e. The highest BCUT2D eigenvalue weighted by Gasteiger charge is 2.21. The monoisotopic (exact) mass is 233 g/mol. The van der Waals surface area contributed by atoms with E-state index in [1.54, 1.807) is 0 Å². The molecule has 86 valence electrons. The van der Waals surface area contributed by atoms with Crippen molar-refractivity contribution in [2.45, 2.75) is 0 Å². The minimum absolute atomic E-state index is 0.753. The Bertz CT molecular complexity index is 748. The van der Waals surface area contributed by atoms with Gasteiger partial charge in [0.25, 0.3) is 0 Å². The van der Waals surface area contributed by atoms with E-state index in [1.165, 1.54) is 27.6 Å². The van der Waals surface area contributed by atoms with Crippen molar-refractivity contribution in [3.8, 4) is 22.3 Å². The third kappa shape index (κ3) is 1.05. The van der Waals surface area contributed by atoms with Gasteiger partial charge in [-0.3, -0.25) is 10.7 Å². The maximum absolute atomic E-state index is 9.20. The Labute approximate surface area is 104 Å². The lowest BCUT2D eigenvalue weighted by molar-refractivity contribution is 0.390. The molecule has 2 heteroatoms. The third-order valence-electron chi connectivity index (χ3n) is 3.67. The van der Waals surface area contributed by atoms with E-state index in [9.17, 15) is 5.21 Å². The largest absolute Gasteiger partial charge is 0.291 e. The van der Waals surface area contributed by atoms with E-state index in [0.717, 1.165) is 11.1 Å². The van der Waals surface area contributed by atoms with E-state index in [1.807, 2.05) is 18.2 Å². The average molecular weight is 233 g/mol. The highest BCUT2D eigenvalue weighted by atomic mass is 16.5. The van der Waals surface area contributed by atoms with Crippen LogP contribution in [0.25, 0.3) is 33.0 Å². The predicted molar refractivity (Wildman–Crippen MR) is 73.8 cm³/mol. The SMILES string of the molecule is ONc1ccc2c3c(cccc13)-c1ccccc1-2. The molecule has 0 saturated carbocycles. The fraction of sp³-hybridized carbons (Fsp3) is 0. The molecule has 2 nitrogen and oxygen atoms in total. The summed E-state index contributed by atoms with van der Waals surface area (Å²) in [7, 11) is 0. The van der Waals surface area contributed by atoms with Gasteiger partial charge in [-0.15, -0.1) is 0 Å². The molecule has 0 aliphatic heterocycles. The van der Waals surface area contributed by atoms with E-state index in [2.05, 4.69) is 41.9 Å². The molecule has 0 aromatic heterocycles. The molecule has 1 aliphatic carbocycles. The molecule has 0 unspecified atom stereocenters. The van der Waals surface area contributed by atoms with E-state index in [4.69, 9.17) is 0 Å². The summed E-state index contributed by atoms with van der Waals surface area (Å²) < 4.78 is 0. The van der Waals surface area contributed by atoms with Crippen molar-refractivity contribution in [2.24, 2.45) is 0 Å². The van der Waals surface area contributed by atoms with Crippen molar-refractivity contribution >= 4 is 16.5 Å². The van der Waals surface area contributed by atoms with Crippen molar-refractivity contribution in [2.75, 3.05) is 5.48 Å². The van der Waals surface area contributed by atoms with Gasteiger partial charge in [-0.1, -0.05) is 48.5 Å². The van der Waals surface area contributed by atoms with Crippen molar-refractivity contribution in [3.63, 3.8) is 0 Å². The van der Waals surface area contributed by atoms with Crippen LogP contribution in [0.4, 0.5) is 5.69 Å². The molecule has 0 amide bonds. The summed E-state index contributed by atoms with van der Waals surface area (Å²) in [6, 6.07) is 18.6. The Hall–Kier alpha value is -2.32. The molecule has 1 aliphatic rings. The molecule has 3 aromatic carbocycles. The van der Waals surface area contributed by atoms with Gasteiger partial charge in [-0.25, -0.2) is 0 Å². The first-order valence-electron chi connectivity index (χ1n) is 5.96. The Morgan fingerprint density at radius 1 is 0.667 bits per heavy atom. The standard InChI is InChI=1S/C16H11NO/c18-17-15-9-8-13-11-5-2-1-4-10(11)12-6-3-7-14(15)16(12)13/h1-9,17-18H. The van der Waals surface area contributed by atoms with Crippen LogP contribution in [-0.4, -0.2) is 5.21 Å². The van der Waals surface area contributed by atoms with Crippen LogP contribution in [-0.2, 0) is 0 Å². The van der Waals surface area contributed by atoms with E-state index in [-0.39, 0.29) is 0 Å². The molecule has 0 atom stereocenters. The van der Waals surface area contributed by atoms with Crippen molar-refractivity contribution in [3.05, 3.63) is 54.6 Å². The van der Waals surface area contributed by atoms with Crippen molar-refractivity contribution < 1.29 is 5.21 Å². The minimum atomic E-state index is 0.753. The van der Waals surface area contributed by atoms with Gasteiger partial charge in [0.05, 0.1) is 5.69 Å². The second-order valence-corrected chi connectivity index (χ2v) is 4.55. The summed E-state index contributed by atoms with van der Waals surface area (Å²) in [6.45, 7) is 0. The number of anilines is 1. The van der Waals surface area contributed by atoms with E-state index in [0.29, 0.717) is 0 Å². The van der Waals surface area contributed by atoms with Gasteiger partial charge in [-0.2, -0.15) is 0 Å². The summed E-state index contributed by atoms with van der Waals surface area (Å²) in [5.74, 6) is 0. The number of hydrogen-bond donors (Lipinski definition) is 2. The van der Waals surface area contributed by atoms with Crippen LogP contribution in [0.3, 0.4) is 0 Å². The quantitative estimate of drug-likeness (QED) is 0.481. The van der Waals surface area contributed by atoms with Gasteiger partial charge < -0.3 is 0 Å². The van der Waals surface area contributed by atoms with Gasteiger partial charge in [0, 0.05) is 5.39 Å². The van der Waals surface area contributed by atoms with Gasteiger partial charge >= 0.3 is 0 Å². The third-order valence-corrected chi connectivity index (χ3v) is 3.67. The Morgan fingerprint density at radius 2 is 1.33 bits per heavy atom. The number of nitrogens with one attached hydrogen (secondary N) is 1. The molecular formula is C16H11NO. The van der Waals surface area contributed by atoms with Crippen LogP contribution in [0.5, 0.6) is 0 Å². The summed E-state index contributed by atoms with van der Waals surface area (Å²) in [4.78, 5) is 0. The van der Waals surface area contributed by atoms with E-state index >= 15 is 0 Å². The van der Waals surface area contributed by atoms with Gasteiger partial charge in [-0.05, 0) is 33.7 Å². The molecule has 3 aromatic rings. The first kappa shape index (κ1) is 9.68. The molecule has 0 fully saturated rings. The lowest BCUT2D eigenvalue weighted by atomic mass is 10.0. The lowest BCUT2D eigenvalue weighted by Crippen LogP contribution is -1.90. The van der Waals surface area contributed by atoms with Gasteiger partial charge in [0.1, 0.15) is 0 Å².